The van der Waals surface area contributed by atoms with Gasteiger partial charge in [0, 0.05) is 57.1 Å². The second kappa shape index (κ2) is 105. The van der Waals surface area contributed by atoms with Crippen molar-refractivity contribution in [3.8, 4) is 0 Å². The van der Waals surface area contributed by atoms with Crippen molar-refractivity contribution in [1.82, 2.24) is 0 Å². The quantitative estimate of drug-likeness (QED) is 0.141. The first kappa shape index (κ1) is 69.9. The number of rotatable bonds is 2. The molecule has 0 atom stereocenters. The van der Waals surface area contributed by atoms with Crippen molar-refractivity contribution in [2.24, 2.45) is 0 Å². The molecule has 2 aliphatic rings. The topological polar surface area (TPSA) is 41.5 Å². The molecule has 0 aromatic rings. The van der Waals surface area contributed by atoms with E-state index in [1.165, 1.54) is 38.5 Å². The van der Waals surface area contributed by atoms with Gasteiger partial charge in [-0.05, 0) is 12.8 Å². The fourth-order valence-electron chi connectivity index (χ4n) is 0.927. The number of hydrogen-bond acceptors (Lipinski definition) is 3. The average molecular weight is 652 g/mol. The molecule has 31 heavy (non-hydrogen) atoms. The Morgan fingerprint density at radius 3 is 1.26 bits per heavy atom. The van der Waals surface area contributed by atoms with Crippen LogP contribution in [0.2, 0.25) is 0 Å². The minimum Gasteiger partial charge on any atom is -0.878 e. The summed E-state index contributed by atoms with van der Waals surface area (Å²) in [6, 6.07) is 0. The molecule has 2 saturated heterocycles. The number of hydrogen-bond donors (Lipinski definition) is 0. The zero-order chi connectivity index (χ0) is 20.6. The predicted molar refractivity (Wildman–Crippen MR) is 150 cm³/mol. The van der Waals surface area contributed by atoms with Crippen LogP contribution in [0.5, 0.6) is 0 Å². The fraction of sp³-hybridized carbons (Fsp3) is 0.739. The van der Waals surface area contributed by atoms with Gasteiger partial charge in [0.2, 0.25) is 0 Å². The van der Waals surface area contributed by atoms with E-state index < -0.39 is 0 Å². The van der Waals surface area contributed by atoms with Gasteiger partial charge in [0.25, 0.3) is 0 Å². The molecular weight excluding hydrogens is 599 g/mol. The molecule has 0 spiro atoms. The van der Waals surface area contributed by atoms with Crippen LogP contribution in [0.15, 0.2) is 26.0 Å². The van der Waals surface area contributed by atoms with Crippen molar-refractivity contribution in [3.63, 3.8) is 0 Å². The van der Waals surface area contributed by atoms with E-state index in [9.17, 15) is 0 Å². The Kier molecular flexibility index (Phi) is 238. The first-order chi connectivity index (χ1) is 12.2. The standard InChI is InChI=1S/C4H8O.C4H7O.C4H10.C4H9.C2H4O.C2H4.3CH4.I2.3Li/c2*1-2-4-5-3-1;2*1-3-4-2;1-2-3;1-2;;;;1-2;;;/h1-4H2;3H,1-2,4H2;3-4H2,1-2H3;1,3-4H2,2H3;2-3H,1H2;1-2H2;3*1H4;;;;/q;-1;;-1;;;;;;;3*+1/p-1. The summed E-state index contributed by atoms with van der Waals surface area (Å²) < 4.78 is 9.76. The van der Waals surface area contributed by atoms with E-state index in [4.69, 9.17) is 14.6 Å². The van der Waals surface area contributed by atoms with Crippen LogP contribution >= 0.6 is 37.2 Å². The summed E-state index contributed by atoms with van der Waals surface area (Å²) in [5, 5.41) is 8.69. The van der Waals surface area contributed by atoms with Crippen LogP contribution in [0.4, 0.5) is 0 Å². The van der Waals surface area contributed by atoms with Crippen molar-refractivity contribution in [3.05, 3.63) is 39.5 Å². The van der Waals surface area contributed by atoms with Gasteiger partial charge in [0.05, 0.1) is 0 Å². The second-order valence-electron chi connectivity index (χ2n) is 4.52. The Labute approximate surface area is 259 Å². The molecule has 0 aliphatic carbocycles. The minimum absolute atomic E-state index is 0. The monoisotopic (exact) mass is 652 g/mol. The van der Waals surface area contributed by atoms with Gasteiger partial charge in [-0.15, -0.1) is 19.7 Å². The summed E-state index contributed by atoms with van der Waals surface area (Å²) >= 11 is 4.24. The summed E-state index contributed by atoms with van der Waals surface area (Å²) in [7, 11) is 0. The van der Waals surface area contributed by atoms with Crippen LogP contribution in [0.1, 0.15) is 94.4 Å². The molecular formula is C23H53I2Li3O3. The zero-order valence-electron chi connectivity index (χ0n) is 19.7. The maximum absolute atomic E-state index is 8.69. The fourth-order valence-corrected chi connectivity index (χ4v) is 0.927. The SMILES string of the molecule is C.C.C.C1CCOC1.C=C.C=C[O-].CCCC.II.[CH-]1CCCO1.[CH2-]CCC.[Li+].[Li+].[Li+]. The molecule has 2 heterocycles. The minimum atomic E-state index is 0. The third-order valence-corrected chi connectivity index (χ3v) is 2.38. The van der Waals surface area contributed by atoms with E-state index in [0.29, 0.717) is 6.26 Å². The van der Waals surface area contributed by atoms with Crippen molar-refractivity contribution < 1.29 is 71.2 Å². The first-order valence-electron chi connectivity index (χ1n) is 8.92. The van der Waals surface area contributed by atoms with Gasteiger partial charge in [0.1, 0.15) is 0 Å². The van der Waals surface area contributed by atoms with E-state index >= 15 is 0 Å². The normalized spacial score (nSPS) is 10.4. The van der Waals surface area contributed by atoms with Crippen molar-refractivity contribution in [2.75, 3.05) is 19.8 Å². The molecule has 0 N–H and O–H groups in total. The summed E-state index contributed by atoms with van der Waals surface area (Å²) in [5.41, 5.74) is 0. The molecule has 3 nitrogen and oxygen atoms in total. The molecule has 8 heteroatoms. The Morgan fingerprint density at radius 2 is 1.19 bits per heavy atom. The van der Waals surface area contributed by atoms with Gasteiger partial charge in [-0.3, -0.25) is 0 Å². The Bertz CT molecular complexity index is 145. The van der Waals surface area contributed by atoms with Crippen LogP contribution in [0, 0.1) is 13.5 Å². The van der Waals surface area contributed by atoms with Crippen LogP contribution in [0.25, 0.3) is 0 Å². The molecule has 0 aromatic carbocycles. The van der Waals surface area contributed by atoms with E-state index in [2.05, 4.69) is 84.7 Å². The summed E-state index contributed by atoms with van der Waals surface area (Å²) in [5.74, 6) is 0. The Hall–Kier alpha value is 2.45. The third-order valence-electron chi connectivity index (χ3n) is 2.38. The van der Waals surface area contributed by atoms with E-state index in [-0.39, 0.29) is 78.9 Å². The predicted octanol–water partition coefficient (Wildman–Crippen LogP) is 0.166. The van der Waals surface area contributed by atoms with Gasteiger partial charge < -0.3 is 21.5 Å². The maximum Gasteiger partial charge on any atom is 1.00 e. The van der Waals surface area contributed by atoms with Gasteiger partial charge in [0.15, 0.2) is 0 Å². The van der Waals surface area contributed by atoms with Crippen LogP contribution < -0.4 is 61.7 Å². The molecule has 0 unspecified atom stereocenters. The smallest absolute Gasteiger partial charge is 0.878 e. The third kappa shape index (κ3) is 144. The number of halogens is 2. The Morgan fingerprint density at radius 1 is 0.871 bits per heavy atom. The molecule has 2 aliphatic heterocycles. The van der Waals surface area contributed by atoms with Crippen molar-refractivity contribution in [1.29, 1.82) is 0 Å². The molecule has 0 saturated carbocycles. The molecule has 0 bridgehead atoms. The van der Waals surface area contributed by atoms with Gasteiger partial charge in [-0.25, -0.2) is 6.61 Å². The van der Waals surface area contributed by atoms with Crippen LogP contribution in [-0.2, 0) is 9.47 Å². The van der Waals surface area contributed by atoms with E-state index in [1.807, 2.05) is 6.61 Å². The van der Waals surface area contributed by atoms with Gasteiger partial charge in [-0.1, -0.05) is 68.7 Å². The van der Waals surface area contributed by atoms with E-state index in [0.717, 1.165) is 32.7 Å². The molecule has 0 amide bonds. The van der Waals surface area contributed by atoms with E-state index in [1.54, 1.807) is 0 Å². The van der Waals surface area contributed by atoms with Crippen molar-refractivity contribution >= 4 is 37.2 Å². The summed E-state index contributed by atoms with van der Waals surface area (Å²) in [6.45, 7) is 23.7. The Balaban J connectivity index is -0.0000000166. The average Bonchev–Trinajstić information content (AvgIpc) is 3.44. The molecule has 0 radical (unpaired) electrons. The van der Waals surface area contributed by atoms with Gasteiger partial charge >= 0.3 is 56.6 Å². The largest absolute Gasteiger partial charge is 1.00 e. The first-order valence-corrected chi connectivity index (χ1v) is 15.2. The van der Waals surface area contributed by atoms with Gasteiger partial charge in [-0.2, -0.15) is 19.1 Å². The molecule has 2 rings (SSSR count). The second-order valence-corrected chi connectivity index (χ2v) is 4.52. The molecule has 180 valence electrons. The summed E-state index contributed by atoms with van der Waals surface area (Å²) in [6.07, 6.45) is 10.3. The van der Waals surface area contributed by atoms with Crippen LogP contribution in [0.3, 0.4) is 0 Å². The molecule has 2 fully saturated rings. The number of unbranched alkanes of at least 4 members (excludes halogenated alkanes) is 2. The molecule has 0 aromatic heterocycles. The number of ether oxygens (including phenoxy) is 2. The zero-order valence-corrected chi connectivity index (χ0v) is 24.1. The van der Waals surface area contributed by atoms with Crippen LogP contribution in [-0.4, -0.2) is 19.8 Å². The summed E-state index contributed by atoms with van der Waals surface area (Å²) in [4.78, 5) is 0. The van der Waals surface area contributed by atoms with Crippen molar-refractivity contribution in [2.45, 2.75) is 94.4 Å². The maximum atomic E-state index is 8.69.